The monoisotopic (exact) mass is 254 g/mol. The topological polar surface area (TPSA) is 50.7 Å². The molecule has 0 heterocycles. The van der Waals surface area contributed by atoms with Gasteiger partial charge in [-0.3, -0.25) is 4.79 Å². The Labute approximate surface area is 111 Å². The number of methoxy groups -OCH3 is 1. The van der Waals surface area contributed by atoms with Crippen LogP contribution in [0.1, 0.15) is 15.9 Å². The van der Waals surface area contributed by atoms with Crippen molar-refractivity contribution < 1.29 is 9.53 Å². The first-order valence-electron chi connectivity index (χ1n) is 5.82. The summed E-state index contributed by atoms with van der Waals surface area (Å²) in [5.41, 5.74) is 3.90. The third-order valence-electron chi connectivity index (χ3n) is 2.51. The standard InChI is InChI=1S/C15H14N2O2/c1-19-14-9-5-8-13(10-14)15(18)17-16-11-12-6-3-2-4-7-12/h2-11H,1H3,(H,17,18). The zero-order valence-corrected chi connectivity index (χ0v) is 10.5. The highest BCUT2D eigenvalue weighted by Gasteiger charge is 2.04. The molecular weight excluding hydrogens is 240 g/mol. The first-order chi connectivity index (χ1) is 9.29. The molecule has 1 amide bonds. The zero-order chi connectivity index (χ0) is 13.5. The van der Waals surface area contributed by atoms with Crippen molar-refractivity contribution in [1.29, 1.82) is 0 Å². The summed E-state index contributed by atoms with van der Waals surface area (Å²) in [6.07, 6.45) is 1.60. The second kappa shape index (κ2) is 6.35. The van der Waals surface area contributed by atoms with Crippen molar-refractivity contribution in [2.24, 2.45) is 5.10 Å². The van der Waals surface area contributed by atoms with Crippen molar-refractivity contribution >= 4 is 12.1 Å². The molecule has 0 aromatic heterocycles. The van der Waals surface area contributed by atoms with Crippen LogP contribution in [-0.4, -0.2) is 19.2 Å². The number of nitrogens with zero attached hydrogens (tertiary/aromatic N) is 1. The summed E-state index contributed by atoms with van der Waals surface area (Å²) >= 11 is 0. The number of nitrogens with one attached hydrogen (secondary N) is 1. The smallest absolute Gasteiger partial charge is 0.271 e. The van der Waals surface area contributed by atoms with Crippen molar-refractivity contribution in [1.82, 2.24) is 5.43 Å². The van der Waals surface area contributed by atoms with Gasteiger partial charge in [0.2, 0.25) is 0 Å². The Morgan fingerprint density at radius 3 is 2.68 bits per heavy atom. The quantitative estimate of drug-likeness (QED) is 0.673. The van der Waals surface area contributed by atoms with Gasteiger partial charge in [0, 0.05) is 5.56 Å². The Hall–Kier alpha value is -2.62. The Morgan fingerprint density at radius 2 is 1.95 bits per heavy atom. The zero-order valence-electron chi connectivity index (χ0n) is 10.5. The predicted octanol–water partition coefficient (Wildman–Crippen LogP) is 2.46. The maximum Gasteiger partial charge on any atom is 0.271 e. The normalized spacial score (nSPS) is 10.4. The van der Waals surface area contributed by atoms with E-state index < -0.39 is 0 Å². The fraction of sp³-hybridized carbons (Fsp3) is 0.0667. The molecule has 0 saturated heterocycles. The summed E-state index contributed by atoms with van der Waals surface area (Å²) in [4.78, 5) is 11.8. The van der Waals surface area contributed by atoms with Gasteiger partial charge >= 0.3 is 0 Å². The van der Waals surface area contributed by atoms with Crippen LogP contribution < -0.4 is 10.2 Å². The van der Waals surface area contributed by atoms with E-state index in [0.29, 0.717) is 11.3 Å². The van der Waals surface area contributed by atoms with Gasteiger partial charge in [-0.1, -0.05) is 36.4 Å². The molecule has 96 valence electrons. The van der Waals surface area contributed by atoms with Crippen LogP contribution in [-0.2, 0) is 0 Å². The van der Waals surface area contributed by atoms with E-state index >= 15 is 0 Å². The SMILES string of the molecule is COc1cccc(C(=O)NN=Cc2ccccc2)c1. The van der Waals surface area contributed by atoms with Gasteiger partial charge in [0.15, 0.2) is 0 Å². The summed E-state index contributed by atoms with van der Waals surface area (Å²) in [5, 5.41) is 3.91. The van der Waals surface area contributed by atoms with E-state index in [0.717, 1.165) is 5.56 Å². The second-order valence-electron chi connectivity index (χ2n) is 3.84. The lowest BCUT2D eigenvalue weighted by atomic mass is 10.2. The number of ether oxygens (including phenoxy) is 1. The Kier molecular flexibility index (Phi) is 4.29. The third kappa shape index (κ3) is 3.67. The van der Waals surface area contributed by atoms with E-state index in [1.54, 1.807) is 37.6 Å². The van der Waals surface area contributed by atoms with Crippen molar-refractivity contribution in [3.63, 3.8) is 0 Å². The van der Waals surface area contributed by atoms with Crippen molar-refractivity contribution in [2.45, 2.75) is 0 Å². The highest BCUT2D eigenvalue weighted by atomic mass is 16.5. The molecule has 2 aromatic rings. The average molecular weight is 254 g/mol. The molecule has 0 fully saturated rings. The summed E-state index contributed by atoms with van der Waals surface area (Å²) < 4.78 is 5.06. The molecule has 0 atom stereocenters. The fourth-order valence-corrected chi connectivity index (χ4v) is 1.53. The number of amides is 1. The highest BCUT2D eigenvalue weighted by molar-refractivity contribution is 5.95. The van der Waals surface area contributed by atoms with Crippen molar-refractivity contribution in [3.8, 4) is 5.75 Å². The summed E-state index contributed by atoms with van der Waals surface area (Å²) in [5.74, 6) is 0.366. The van der Waals surface area contributed by atoms with Gasteiger partial charge in [0.05, 0.1) is 13.3 Å². The number of hydrogen-bond acceptors (Lipinski definition) is 3. The molecule has 0 aliphatic carbocycles. The Balaban J connectivity index is 1.99. The Morgan fingerprint density at radius 1 is 1.16 bits per heavy atom. The van der Waals surface area contributed by atoms with E-state index in [1.165, 1.54) is 0 Å². The first kappa shape index (κ1) is 12.8. The largest absolute Gasteiger partial charge is 0.497 e. The molecule has 0 bridgehead atoms. The fourth-order valence-electron chi connectivity index (χ4n) is 1.53. The molecule has 4 heteroatoms. The number of hydrogen-bond donors (Lipinski definition) is 1. The lowest BCUT2D eigenvalue weighted by molar-refractivity contribution is 0.0955. The average Bonchev–Trinajstić information content (AvgIpc) is 2.48. The van der Waals surface area contributed by atoms with Gasteiger partial charge in [-0.15, -0.1) is 0 Å². The van der Waals surface area contributed by atoms with Gasteiger partial charge < -0.3 is 4.74 Å². The molecule has 0 unspecified atom stereocenters. The summed E-state index contributed by atoms with van der Waals surface area (Å²) in [6.45, 7) is 0. The van der Waals surface area contributed by atoms with E-state index in [1.807, 2.05) is 30.3 Å². The van der Waals surface area contributed by atoms with E-state index in [4.69, 9.17) is 4.74 Å². The van der Waals surface area contributed by atoms with Crippen LogP contribution >= 0.6 is 0 Å². The number of rotatable bonds is 4. The van der Waals surface area contributed by atoms with Gasteiger partial charge in [-0.25, -0.2) is 5.43 Å². The summed E-state index contributed by atoms with van der Waals surface area (Å²) in [7, 11) is 1.56. The summed E-state index contributed by atoms with van der Waals surface area (Å²) in [6, 6.07) is 16.5. The van der Waals surface area contributed by atoms with Crippen LogP contribution in [0, 0.1) is 0 Å². The van der Waals surface area contributed by atoms with Crippen LogP contribution in [0.5, 0.6) is 5.75 Å². The van der Waals surface area contributed by atoms with E-state index in [-0.39, 0.29) is 5.91 Å². The molecule has 1 N–H and O–H groups in total. The van der Waals surface area contributed by atoms with Crippen molar-refractivity contribution in [3.05, 3.63) is 65.7 Å². The van der Waals surface area contributed by atoms with Crippen LogP contribution in [0.3, 0.4) is 0 Å². The van der Waals surface area contributed by atoms with E-state index in [2.05, 4.69) is 10.5 Å². The molecule has 4 nitrogen and oxygen atoms in total. The molecule has 19 heavy (non-hydrogen) atoms. The molecule has 0 saturated carbocycles. The second-order valence-corrected chi connectivity index (χ2v) is 3.84. The first-order valence-corrected chi connectivity index (χ1v) is 5.82. The van der Waals surface area contributed by atoms with Gasteiger partial charge in [0.1, 0.15) is 5.75 Å². The number of hydrazone groups is 1. The molecule has 2 aromatic carbocycles. The number of carbonyl (C=O) groups is 1. The van der Waals surface area contributed by atoms with Gasteiger partial charge in [-0.2, -0.15) is 5.10 Å². The van der Waals surface area contributed by atoms with Crippen LogP contribution in [0.2, 0.25) is 0 Å². The minimum absolute atomic E-state index is 0.272. The third-order valence-corrected chi connectivity index (χ3v) is 2.51. The number of carbonyl (C=O) groups excluding carboxylic acids is 1. The Bertz CT molecular complexity index is 580. The van der Waals surface area contributed by atoms with Crippen LogP contribution in [0.15, 0.2) is 59.7 Å². The van der Waals surface area contributed by atoms with Crippen LogP contribution in [0.4, 0.5) is 0 Å². The highest BCUT2D eigenvalue weighted by Crippen LogP contribution is 2.12. The van der Waals surface area contributed by atoms with E-state index in [9.17, 15) is 4.79 Å². The molecule has 0 spiro atoms. The maximum absolute atomic E-state index is 11.8. The maximum atomic E-state index is 11.8. The van der Waals surface area contributed by atoms with Gasteiger partial charge in [-0.05, 0) is 23.8 Å². The van der Waals surface area contributed by atoms with Gasteiger partial charge in [0.25, 0.3) is 5.91 Å². The predicted molar refractivity (Wildman–Crippen MR) is 74.5 cm³/mol. The number of benzene rings is 2. The van der Waals surface area contributed by atoms with Crippen LogP contribution in [0.25, 0.3) is 0 Å². The molecular formula is C15H14N2O2. The van der Waals surface area contributed by atoms with Crippen molar-refractivity contribution in [2.75, 3.05) is 7.11 Å². The molecule has 0 aliphatic heterocycles. The minimum Gasteiger partial charge on any atom is -0.497 e. The molecule has 2 rings (SSSR count). The lowest BCUT2D eigenvalue weighted by Gasteiger charge is -2.02. The molecule has 0 aliphatic rings. The lowest BCUT2D eigenvalue weighted by Crippen LogP contribution is -2.17. The minimum atomic E-state index is -0.272. The molecule has 0 radical (unpaired) electrons.